The lowest BCUT2D eigenvalue weighted by molar-refractivity contribution is -0.303. The first-order valence-corrected chi connectivity index (χ1v) is 12.3. The summed E-state index contributed by atoms with van der Waals surface area (Å²) in [5.41, 5.74) is 0. The molecule has 1 saturated heterocycles. The largest absolute Gasteiger partial charge is 0.390 e. The Hall–Kier alpha value is -0.370. The number of aliphatic hydroxyl groups excluding tert-OH is 4. The minimum absolute atomic E-state index is 0.273. The molecule has 6 atom stereocenters. The predicted octanol–water partition coefficient (Wildman–Crippen LogP) is 0.217. The van der Waals surface area contributed by atoms with Gasteiger partial charge in [-0.3, -0.25) is 4.55 Å². The molecule has 0 saturated carbocycles. The number of unbranched alkanes of at least 4 members (excludes halogenated alkanes) is 7. The molecule has 2 unspecified atom stereocenters. The highest BCUT2D eigenvalue weighted by Crippen LogP contribution is 2.23. The molecule has 10 nitrogen and oxygen atoms in total. The first-order valence-electron chi connectivity index (χ1n) is 10.7. The maximum atomic E-state index is 10.7. The van der Waals surface area contributed by atoms with Crippen molar-refractivity contribution >= 4 is 10.1 Å². The number of ether oxygens (including phenoxy) is 3. The van der Waals surface area contributed by atoms with Crippen molar-refractivity contribution in [1.29, 1.82) is 0 Å². The Morgan fingerprint density at radius 3 is 2.13 bits per heavy atom. The second-order valence-corrected chi connectivity index (χ2v) is 9.30. The number of hydrogen-bond donors (Lipinski definition) is 5. The number of rotatable bonds is 16. The number of aliphatic hydroxyl groups is 4. The van der Waals surface area contributed by atoms with Crippen molar-refractivity contribution in [2.75, 3.05) is 25.6 Å². The third-order valence-corrected chi connectivity index (χ3v) is 5.75. The van der Waals surface area contributed by atoms with Crippen LogP contribution >= 0.6 is 0 Å². The molecule has 1 aliphatic rings. The van der Waals surface area contributed by atoms with Gasteiger partial charge >= 0.3 is 0 Å². The molecule has 30 heavy (non-hydrogen) atoms. The summed E-state index contributed by atoms with van der Waals surface area (Å²) in [5.74, 6) is -0.882. The molecule has 0 radical (unpaired) electrons. The zero-order valence-corrected chi connectivity index (χ0v) is 18.5. The fraction of sp³-hybridized carbons (Fsp3) is 1.00. The normalized spacial score (nSPS) is 28.5. The lowest BCUT2D eigenvalue weighted by Crippen LogP contribution is -2.59. The van der Waals surface area contributed by atoms with Crippen LogP contribution in [0.5, 0.6) is 0 Å². The lowest BCUT2D eigenvalue weighted by atomic mass is 9.99. The molecule has 0 bridgehead atoms. The van der Waals surface area contributed by atoms with E-state index in [9.17, 15) is 28.8 Å². The molecule has 0 aliphatic carbocycles. The van der Waals surface area contributed by atoms with Gasteiger partial charge in [0, 0.05) is 6.61 Å². The molecular formula is C19H38O10S. The van der Waals surface area contributed by atoms with Gasteiger partial charge in [-0.15, -0.1) is 0 Å². The summed E-state index contributed by atoms with van der Waals surface area (Å²) in [6.07, 6.45) is 1.01. The van der Waals surface area contributed by atoms with E-state index in [0.717, 1.165) is 19.3 Å². The van der Waals surface area contributed by atoms with E-state index in [4.69, 9.17) is 18.8 Å². The van der Waals surface area contributed by atoms with Gasteiger partial charge in [0.05, 0.1) is 19.3 Å². The van der Waals surface area contributed by atoms with Gasteiger partial charge in [-0.1, -0.05) is 51.9 Å². The summed E-state index contributed by atoms with van der Waals surface area (Å²) >= 11 is 0. The van der Waals surface area contributed by atoms with Crippen molar-refractivity contribution in [2.45, 2.75) is 95.1 Å². The fourth-order valence-corrected chi connectivity index (χ4v) is 3.82. The maximum absolute atomic E-state index is 10.7. The van der Waals surface area contributed by atoms with Gasteiger partial charge in [0.2, 0.25) is 0 Å². The van der Waals surface area contributed by atoms with E-state index in [2.05, 4.69) is 6.92 Å². The van der Waals surface area contributed by atoms with Gasteiger partial charge in [0.1, 0.15) is 30.2 Å². The first kappa shape index (κ1) is 27.7. The van der Waals surface area contributed by atoms with Crippen molar-refractivity contribution in [3.8, 4) is 0 Å². The Labute approximate surface area is 178 Å². The monoisotopic (exact) mass is 458 g/mol. The summed E-state index contributed by atoms with van der Waals surface area (Å²) in [7, 11) is -4.34. The summed E-state index contributed by atoms with van der Waals surface area (Å²) in [6, 6.07) is 0. The fourth-order valence-electron chi connectivity index (χ4n) is 3.24. The van der Waals surface area contributed by atoms with Crippen LogP contribution in [-0.4, -0.2) is 95.8 Å². The van der Waals surface area contributed by atoms with Crippen LogP contribution in [0.1, 0.15) is 58.3 Å². The Balaban J connectivity index is 2.30. The SMILES string of the molecule is CCCCCCCCCCOC1O[C@H](COCC(O)CS(=O)(=O)O)[C@@H](O)[C@H](O)[C@H]1O. The van der Waals surface area contributed by atoms with Gasteiger partial charge < -0.3 is 34.6 Å². The van der Waals surface area contributed by atoms with Gasteiger partial charge in [0.15, 0.2) is 6.29 Å². The zero-order chi connectivity index (χ0) is 22.6. The molecule has 5 N–H and O–H groups in total. The second kappa shape index (κ2) is 14.6. The molecule has 0 aromatic rings. The average Bonchev–Trinajstić information content (AvgIpc) is 2.66. The Kier molecular flexibility index (Phi) is 13.5. The highest BCUT2D eigenvalue weighted by molar-refractivity contribution is 7.85. The molecule has 1 aliphatic heterocycles. The van der Waals surface area contributed by atoms with Crippen molar-refractivity contribution in [1.82, 2.24) is 0 Å². The Morgan fingerprint density at radius 2 is 1.53 bits per heavy atom. The number of hydrogen-bond acceptors (Lipinski definition) is 9. The van der Waals surface area contributed by atoms with Crippen molar-refractivity contribution in [2.24, 2.45) is 0 Å². The molecule has 1 heterocycles. The third kappa shape index (κ3) is 11.3. The van der Waals surface area contributed by atoms with Crippen LogP contribution in [0.25, 0.3) is 0 Å². The molecule has 1 rings (SSSR count). The molecule has 0 aromatic heterocycles. The minimum Gasteiger partial charge on any atom is -0.390 e. The third-order valence-electron chi connectivity index (χ3n) is 4.94. The first-order chi connectivity index (χ1) is 14.2. The van der Waals surface area contributed by atoms with Crippen molar-refractivity contribution < 1.29 is 47.6 Å². The summed E-state index contributed by atoms with van der Waals surface area (Å²) in [6.45, 7) is 1.82. The van der Waals surface area contributed by atoms with E-state index >= 15 is 0 Å². The van der Waals surface area contributed by atoms with E-state index in [1.54, 1.807) is 0 Å². The van der Waals surface area contributed by atoms with Crippen LogP contribution < -0.4 is 0 Å². The minimum atomic E-state index is -4.34. The summed E-state index contributed by atoms with van der Waals surface area (Å²) in [4.78, 5) is 0. The molecule has 0 amide bonds. The van der Waals surface area contributed by atoms with Crippen molar-refractivity contribution in [3.63, 3.8) is 0 Å². The highest BCUT2D eigenvalue weighted by atomic mass is 32.2. The zero-order valence-electron chi connectivity index (χ0n) is 17.6. The van der Waals surface area contributed by atoms with Crippen molar-refractivity contribution in [3.05, 3.63) is 0 Å². The van der Waals surface area contributed by atoms with Gasteiger partial charge in [-0.2, -0.15) is 8.42 Å². The molecule has 1 fully saturated rings. The predicted molar refractivity (Wildman–Crippen MR) is 108 cm³/mol. The quantitative estimate of drug-likeness (QED) is 0.160. The second-order valence-electron chi connectivity index (χ2n) is 7.80. The maximum Gasteiger partial charge on any atom is 0.267 e. The van der Waals surface area contributed by atoms with Gasteiger partial charge in [-0.25, -0.2) is 0 Å². The van der Waals surface area contributed by atoms with Crippen LogP contribution in [0.3, 0.4) is 0 Å². The van der Waals surface area contributed by atoms with E-state index in [1.807, 2.05) is 0 Å². The van der Waals surface area contributed by atoms with Crippen LogP contribution in [0.2, 0.25) is 0 Å². The standard InChI is InChI=1S/C19H38O10S/c1-2-3-4-5-6-7-8-9-10-28-19-18(23)17(22)16(21)15(29-19)12-27-11-14(20)13-30(24,25)26/h14-23H,2-13H2,1H3,(H,24,25,26)/t14?,15-,16-,17+,18-,19?/m1/s1. The molecule has 180 valence electrons. The van der Waals surface area contributed by atoms with Crippen LogP contribution in [-0.2, 0) is 24.3 Å². The molecule has 0 aromatic carbocycles. The molecular weight excluding hydrogens is 420 g/mol. The summed E-state index contributed by atoms with van der Waals surface area (Å²) < 4.78 is 46.2. The van der Waals surface area contributed by atoms with Crippen LogP contribution in [0.15, 0.2) is 0 Å². The van der Waals surface area contributed by atoms with E-state index in [-0.39, 0.29) is 6.61 Å². The Morgan fingerprint density at radius 1 is 0.933 bits per heavy atom. The average molecular weight is 459 g/mol. The molecule has 0 spiro atoms. The smallest absolute Gasteiger partial charge is 0.267 e. The Bertz CT molecular complexity index is 543. The van der Waals surface area contributed by atoms with Crippen LogP contribution in [0.4, 0.5) is 0 Å². The highest BCUT2D eigenvalue weighted by Gasteiger charge is 2.44. The lowest BCUT2D eigenvalue weighted by Gasteiger charge is -2.40. The van der Waals surface area contributed by atoms with E-state index in [1.165, 1.54) is 32.1 Å². The van der Waals surface area contributed by atoms with E-state index in [0.29, 0.717) is 6.61 Å². The summed E-state index contributed by atoms with van der Waals surface area (Å²) in [5, 5.41) is 39.6. The molecule has 11 heteroatoms. The topological polar surface area (TPSA) is 163 Å². The van der Waals surface area contributed by atoms with E-state index < -0.39 is 59.3 Å². The van der Waals surface area contributed by atoms with Crippen LogP contribution in [0, 0.1) is 0 Å². The van der Waals surface area contributed by atoms with Gasteiger partial charge in [0.25, 0.3) is 10.1 Å². The van der Waals surface area contributed by atoms with Gasteiger partial charge in [-0.05, 0) is 6.42 Å².